The van der Waals surface area contributed by atoms with E-state index in [1.165, 1.54) is 19.1 Å². The molecule has 0 aliphatic carbocycles. The predicted octanol–water partition coefficient (Wildman–Crippen LogP) is 3.69. The van der Waals surface area contributed by atoms with Crippen LogP contribution in [-0.4, -0.2) is 26.6 Å². The number of anilines is 2. The van der Waals surface area contributed by atoms with E-state index in [9.17, 15) is 17.6 Å². The Balaban J connectivity index is 2.31. The molecule has 134 valence electrons. The summed E-state index contributed by atoms with van der Waals surface area (Å²) < 4.78 is 39.8. The van der Waals surface area contributed by atoms with Crippen LogP contribution in [0.5, 0.6) is 0 Å². The first kappa shape index (κ1) is 19.4. The largest absolute Gasteiger partial charge is 0.322 e. The van der Waals surface area contributed by atoms with Gasteiger partial charge in [-0.25, -0.2) is 12.8 Å². The summed E-state index contributed by atoms with van der Waals surface area (Å²) in [5, 5.41) is 2.43. The molecule has 0 fully saturated rings. The standard InChI is InChI=1S/C17H18BrFN2O3S/c1-11-4-7-14(8-5-11)21(25(3,23)24)12(2)17(22)20-16-9-6-13(18)10-15(16)19/h4-10,12H,1-3H3,(H,20,22)/t12-/m0/s1. The average molecular weight is 429 g/mol. The molecule has 0 unspecified atom stereocenters. The smallest absolute Gasteiger partial charge is 0.248 e. The van der Waals surface area contributed by atoms with Crippen LogP contribution in [0.4, 0.5) is 15.8 Å². The summed E-state index contributed by atoms with van der Waals surface area (Å²) >= 11 is 3.14. The molecule has 5 nitrogen and oxygen atoms in total. The van der Waals surface area contributed by atoms with Crippen LogP contribution in [0.2, 0.25) is 0 Å². The number of amides is 1. The molecule has 2 aromatic carbocycles. The van der Waals surface area contributed by atoms with Crippen molar-refractivity contribution in [3.05, 3.63) is 58.3 Å². The number of carbonyl (C=O) groups is 1. The van der Waals surface area contributed by atoms with E-state index in [2.05, 4.69) is 21.2 Å². The quantitative estimate of drug-likeness (QED) is 0.789. The average Bonchev–Trinajstić information content (AvgIpc) is 2.50. The summed E-state index contributed by atoms with van der Waals surface area (Å²) in [6.07, 6.45) is 1.02. The maximum absolute atomic E-state index is 13.9. The topological polar surface area (TPSA) is 66.5 Å². The van der Waals surface area contributed by atoms with E-state index in [-0.39, 0.29) is 5.69 Å². The number of aryl methyl sites for hydroxylation is 1. The Hall–Kier alpha value is -1.93. The van der Waals surface area contributed by atoms with Crippen LogP contribution < -0.4 is 9.62 Å². The van der Waals surface area contributed by atoms with Crippen LogP contribution in [0, 0.1) is 12.7 Å². The van der Waals surface area contributed by atoms with Crippen LogP contribution in [0.3, 0.4) is 0 Å². The maximum atomic E-state index is 13.9. The molecule has 2 rings (SSSR count). The molecule has 0 heterocycles. The second kappa shape index (κ2) is 7.53. The molecule has 2 aromatic rings. The van der Waals surface area contributed by atoms with Crippen LogP contribution >= 0.6 is 15.9 Å². The Morgan fingerprint density at radius 2 is 1.80 bits per heavy atom. The van der Waals surface area contributed by atoms with Gasteiger partial charge in [-0.05, 0) is 44.2 Å². The van der Waals surface area contributed by atoms with Crippen molar-refractivity contribution in [1.29, 1.82) is 0 Å². The SMILES string of the molecule is Cc1ccc(N([C@@H](C)C(=O)Nc2ccc(Br)cc2F)S(C)(=O)=O)cc1. The highest BCUT2D eigenvalue weighted by Gasteiger charge is 2.29. The number of benzene rings is 2. The number of hydrogen-bond acceptors (Lipinski definition) is 3. The third-order valence-electron chi connectivity index (χ3n) is 3.57. The molecular weight excluding hydrogens is 411 g/mol. The minimum Gasteiger partial charge on any atom is -0.322 e. The Labute approximate surface area is 155 Å². The highest BCUT2D eigenvalue weighted by molar-refractivity contribution is 9.10. The summed E-state index contributed by atoms with van der Waals surface area (Å²) in [7, 11) is -3.71. The molecule has 25 heavy (non-hydrogen) atoms. The lowest BCUT2D eigenvalue weighted by atomic mass is 10.2. The highest BCUT2D eigenvalue weighted by Crippen LogP contribution is 2.23. The lowest BCUT2D eigenvalue weighted by molar-refractivity contribution is -0.116. The van der Waals surface area contributed by atoms with Crippen molar-refractivity contribution in [2.24, 2.45) is 0 Å². The van der Waals surface area contributed by atoms with E-state index in [4.69, 9.17) is 0 Å². The van der Waals surface area contributed by atoms with Gasteiger partial charge in [-0.1, -0.05) is 33.6 Å². The van der Waals surface area contributed by atoms with Crippen molar-refractivity contribution in [3.8, 4) is 0 Å². The Morgan fingerprint density at radius 1 is 1.20 bits per heavy atom. The maximum Gasteiger partial charge on any atom is 0.248 e. The summed E-state index contributed by atoms with van der Waals surface area (Å²) in [4.78, 5) is 12.5. The van der Waals surface area contributed by atoms with E-state index in [0.717, 1.165) is 16.1 Å². The van der Waals surface area contributed by atoms with Crippen molar-refractivity contribution in [2.45, 2.75) is 19.9 Å². The number of hydrogen-bond donors (Lipinski definition) is 1. The molecule has 0 aromatic heterocycles. The van der Waals surface area contributed by atoms with Crippen molar-refractivity contribution >= 4 is 43.2 Å². The highest BCUT2D eigenvalue weighted by atomic mass is 79.9. The third kappa shape index (κ3) is 4.79. The van der Waals surface area contributed by atoms with Crippen molar-refractivity contribution < 1.29 is 17.6 Å². The number of sulfonamides is 1. The lowest BCUT2D eigenvalue weighted by Gasteiger charge is -2.28. The van der Waals surface area contributed by atoms with Crippen molar-refractivity contribution in [1.82, 2.24) is 0 Å². The van der Waals surface area contributed by atoms with Crippen LogP contribution in [-0.2, 0) is 14.8 Å². The number of rotatable bonds is 5. The molecule has 0 saturated heterocycles. The number of carbonyl (C=O) groups excluding carboxylic acids is 1. The third-order valence-corrected chi connectivity index (χ3v) is 5.30. The summed E-state index contributed by atoms with van der Waals surface area (Å²) in [6, 6.07) is 9.91. The molecule has 0 bridgehead atoms. The molecule has 0 aliphatic heterocycles. The molecule has 1 N–H and O–H groups in total. The molecule has 0 radical (unpaired) electrons. The van der Waals surface area contributed by atoms with Crippen LogP contribution in [0.1, 0.15) is 12.5 Å². The second-order valence-corrected chi connectivity index (χ2v) is 8.46. The van der Waals surface area contributed by atoms with Gasteiger partial charge in [0.05, 0.1) is 17.6 Å². The second-order valence-electron chi connectivity index (χ2n) is 5.68. The van der Waals surface area contributed by atoms with E-state index < -0.39 is 27.8 Å². The first-order valence-electron chi connectivity index (χ1n) is 7.41. The summed E-state index contributed by atoms with van der Waals surface area (Å²) in [5.41, 5.74) is 1.32. The fourth-order valence-corrected chi connectivity index (χ4v) is 3.84. The molecular formula is C17H18BrFN2O3S. The molecule has 0 spiro atoms. The summed E-state index contributed by atoms with van der Waals surface area (Å²) in [5.74, 6) is -1.25. The van der Waals surface area contributed by atoms with Crippen molar-refractivity contribution in [3.63, 3.8) is 0 Å². The Bertz CT molecular complexity index is 885. The van der Waals surface area contributed by atoms with Gasteiger partial charge in [-0.2, -0.15) is 0 Å². The van der Waals surface area contributed by atoms with Gasteiger partial charge in [0, 0.05) is 4.47 Å². The van der Waals surface area contributed by atoms with Gasteiger partial charge in [0.1, 0.15) is 11.9 Å². The number of nitrogens with one attached hydrogen (secondary N) is 1. The molecule has 1 amide bonds. The minimum atomic E-state index is -3.71. The first-order chi connectivity index (χ1) is 11.6. The van der Waals surface area contributed by atoms with Gasteiger partial charge >= 0.3 is 0 Å². The number of halogens is 2. The first-order valence-corrected chi connectivity index (χ1v) is 10.1. The normalized spacial score (nSPS) is 12.5. The van der Waals surface area contributed by atoms with Gasteiger partial charge in [-0.3, -0.25) is 9.10 Å². The number of nitrogens with zero attached hydrogens (tertiary/aromatic N) is 1. The van der Waals surface area contributed by atoms with Gasteiger partial charge in [0.25, 0.3) is 0 Å². The van der Waals surface area contributed by atoms with Gasteiger partial charge < -0.3 is 5.32 Å². The monoisotopic (exact) mass is 428 g/mol. The Kier molecular flexibility index (Phi) is 5.84. The van der Waals surface area contributed by atoms with E-state index >= 15 is 0 Å². The predicted molar refractivity (Wildman–Crippen MR) is 101 cm³/mol. The van der Waals surface area contributed by atoms with E-state index in [0.29, 0.717) is 10.2 Å². The van der Waals surface area contributed by atoms with E-state index in [1.807, 2.05) is 6.92 Å². The molecule has 1 atom stereocenters. The fraction of sp³-hybridized carbons (Fsp3) is 0.235. The zero-order valence-electron chi connectivity index (χ0n) is 14.0. The zero-order valence-corrected chi connectivity index (χ0v) is 16.4. The zero-order chi connectivity index (χ0) is 18.8. The molecule has 8 heteroatoms. The van der Waals surface area contributed by atoms with Gasteiger partial charge in [0.2, 0.25) is 15.9 Å². The van der Waals surface area contributed by atoms with Crippen molar-refractivity contribution in [2.75, 3.05) is 15.9 Å². The van der Waals surface area contributed by atoms with Crippen LogP contribution in [0.25, 0.3) is 0 Å². The minimum absolute atomic E-state index is 0.0163. The van der Waals surface area contributed by atoms with Gasteiger partial charge in [0.15, 0.2) is 0 Å². The lowest BCUT2D eigenvalue weighted by Crippen LogP contribution is -2.45. The Morgan fingerprint density at radius 3 is 2.32 bits per heavy atom. The van der Waals surface area contributed by atoms with Gasteiger partial charge in [-0.15, -0.1) is 0 Å². The molecule has 0 saturated carbocycles. The van der Waals surface area contributed by atoms with E-state index in [1.54, 1.807) is 30.3 Å². The van der Waals surface area contributed by atoms with Crippen LogP contribution in [0.15, 0.2) is 46.9 Å². The molecule has 0 aliphatic rings. The summed E-state index contributed by atoms with van der Waals surface area (Å²) in [6.45, 7) is 3.33. The fourth-order valence-electron chi connectivity index (χ4n) is 2.33.